The first-order valence-corrected chi connectivity index (χ1v) is 8.16. The number of ether oxygens (including phenoxy) is 1. The third kappa shape index (κ3) is 11.0. The Balaban J connectivity index is 3.21. The molecule has 0 saturated heterocycles. The number of carbonyl (C=O) groups excluding carboxylic acids is 1. The number of hydrogen-bond donors (Lipinski definition) is 0. The smallest absolute Gasteiger partial charge is 0.333 e. The van der Waals surface area contributed by atoms with Crippen LogP contribution < -0.4 is 0 Å². The normalized spacial score (nSPS) is 10.8. The monoisotopic (exact) mass is 283 g/mol. The topological polar surface area (TPSA) is 29.5 Å². The summed E-state index contributed by atoms with van der Waals surface area (Å²) in [6.07, 6.45) is 8.65. The molecular formula is C17H33NO2. The second kappa shape index (κ2) is 13.2. The lowest BCUT2D eigenvalue weighted by atomic mass is 10.1. The van der Waals surface area contributed by atoms with Crippen molar-refractivity contribution in [1.82, 2.24) is 4.90 Å². The van der Waals surface area contributed by atoms with Gasteiger partial charge < -0.3 is 9.64 Å². The molecule has 0 heterocycles. The minimum absolute atomic E-state index is 0.263. The van der Waals surface area contributed by atoms with Crippen molar-refractivity contribution in [1.29, 1.82) is 0 Å². The molecule has 0 rings (SSSR count). The van der Waals surface area contributed by atoms with Gasteiger partial charge in [0, 0.05) is 5.57 Å². The molecule has 0 unspecified atom stereocenters. The van der Waals surface area contributed by atoms with Crippen LogP contribution in [0.4, 0.5) is 0 Å². The summed E-state index contributed by atoms with van der Waals surface area (Å²) < 4.78 is 5.06. The van der Waals surface area contributed by atoms with Gasteiger partial charge >= 0.3 is 5.97 Å². The molecule has 0 N–H and O–H groups in total. The Morgan fingerprint density at radius 1 is 0.950 bits per heavy atom. The van der Waals surface area contributed by atoms with Crippen LogP contribution in [0.15, 0.2) is 12.2 Å². The quantitative estimate of drug-likeness (QED) is 0.288. The van der Waals surface area contributed by atoms with Gasteiger partial charge in [-0.15, -0.1) is 0 Å². The van der Waals surface area contributed by atoms with Gasteiger partial charge in [-0.1, -0.05) is 52.5 Å². The Morgan fingerprint density at radius 3 is 1.95 bits per heavy atom. The van der Waals surface area contributed by atoms with Crippen LogP contribution >= 0.6 is 0 Å². The van der Waals surface area contributed by atoms with Crippen LogP contribution in [0.5, 0.6) is 0 Å². The van der Waals surface area contributed by atoms with Gasteiger partial charge in [-0.2, -0.15) is 0 Å². The van der Waals surface area contributed by atoms with Crippen molar-refractivity contribution in [2.24, 2.45) is 0 Å². The fourth-order valence-electron chi connectivity index (χ4n) is 2.15. The Hall–Kier alpha value is -0.830. The van der Waals surface area contributed by atoms with E-state index in [9.17, 15) is 4.79 Å². The molecule has 0 aromatic heterocycles. The van der Waals surface area contributed by atoms with Gasteiger partial charge in [0.15, 0.2) is 0 Å². The van der Waals surface area contributed by atoms with E-state index < -0.39 is 0 Å². The highest BCUT2D eigenvalue weighted by Gasteiger charge is 2.02. The zero-order valence-electron chi connectivity index (χ0n) is 13.7. The average molecular weight is 283 g/mol. The fourth-order valence-corrected chi connectivity index (χ4v) is 2.15. The van der Waals surface area contributed by atoms with Crippen molar-refractivity contribution >= 4 is 5.97 Å². The minimum Gasteiger partial charge on any atom is -0.462 e. The molecule has 0 aliphatic carbocycles. The van der Waals surface area contributed by atoms with Crippen molar-refractivity contribution in [2.45, 2.75) is 65.7 Å². The lowest BCUT2D eigenvalue weighted by molar-refractivity contribution is -0.139. The lowest BCUT2D eigenvalue weighted by Gasteiger charge is -2.17. The summed E-state index contributed by atoms with van der Waals surface area (Å²) in [6, 6.07) is 0. The summed E-state index contributed by atoms with van der Waals surface area (Å²) >= 11 is 0. The largest absolute Gasteiger partial charge is 0.462 e. The SMILES string of the molecule is C=C(C)C(=O)OCCCCCCCCCN(CC)CC. The highest BCUT2D eigenvalue weighted by molar-refractivity contribution is 5.86. The zero-order valence-corrected chi connectivity index (χ0v) is 13.7. The summed E-state index contributed by atoms with van der Waals surface area (Å²) in [6.45, 7) is 13.8. The van der Waals surface area contributed by atoms with Crippen molar-refractivity contribution in [2.75, 3.05) is 26.2 Å². The third-order valence-corrected chi connectivity index (χ3v) is 3.59. The molecule has 3 heteroatoms. The molecule has 0 amide bonds. The Labute approximate surface area is 125 Å². The van der Waals surface area contributed by atoms with E-state index in [0.717, 1.165) is 12.8 Å². The van der Waals surface area contributed by atoms with Crippen molar-refractivity contribution in [3.8, 4) is 0 Å². The Bertz CT molecular complexity index is 260. The van der Waals surface area contributed by atoms with Crippen LogP contribution in [0.3, 0.4) is 0 Å². The number of hydrogen-bond acceptors (Lipinski definition) is 3. The van der Waals surface area contributed by atoms with Gasteiger partial charge in [0.1, 0.15) is 0 Å². The van der Waals surface area contributed by atoms with Crippen LogP contribution in [0, 0.1) is 0 Å². The van der Waals surface area contributed by atoms with Crippen molar-refractivity contribution in [3.63, 3.8) is 0 Å². The molecule has 20 heavy (non-hydrogen) atoms. The van der Waals surface area contributed by atoms with E-state index in [2.05, 4.69) is 25.3 Å². The molecule has 0 atom stereocenters. The molecule has 0 aromatic rings. The second-order valence-electron chi connectivity index (χ2n) is 5.42. The van der Waals surface area contributed by atoms with Gasteiger partial charge in [-0.25, -0.2) is 4.79 Å². The maximum Gasteiger partial charge on any atom is 0.333 e. The lowest BCUT2D eigenvalue weighted by Crippen LogP contribution is -2.23. The summed E-state index contributed by atoms with van der Waals surface area (Å²) in [5.41, 5.74) is 0.484. The maximum absolute atomic E-state index is 11.1. The van der Waals surface area contributed by atoms with Gasteiger partial charge in [0.05, 0.1) is 6.61 Å². The van der Waals surface area contributed by atoms with E-state index in [1.807, 2.05) is 0 Å². The summed E-state index contributed by atoms with van der Waals surface area (Å²) in [7, 11) is 0. The maximum atomic E-state index is 11.1. The second-order valence-corrected chi connectivity index (χ2v) is 5.42. The predicted octanol–water partition coefficient (Wildman–Crippen LogP) is 4.18. The molecule has 0 aliphatic heterocycles. The summed E-state index contributed by atoms with van der Waals surface area (Å²) in [5.74, 6) is -0.263. The van der Waals surface area contributed by atoms with Crippen LogP contribution in [0.2, 0.25) is 0 Å². The first kappa shape index (κ1) is 19.2. The van der Waals surface area contributed by atoms with E-state index >= 15 is 0 Å². The number of carbonyl (C=O) groups is 1. The van der Waals surface area contributed by atoms with E-state index in [0.29, 0.717) is 12.2 Å². The van der Waals surface area contributed by atoms with Gasteiger partial charge in [0.2, 0.25) is 0 Å². The molecule has 0 spiro atoms. The first-order chi connectivity index (χ1) is 9.61. The molecular weight excluding hydrogens is 250 g/mol. The van der Waals surface area contributed by atoms with Gasteiger partial charge in [-0.05, 0) is 39.4 Å². The minimum atomic E-state index is -0.263. The van der Waals surface area contributed by atoms with E-state index in [4.69, 9.17) is 4.74 Å². The molecule has 0 fully saturated rings. The number of rotatable bonds is 13. The van der Waals surface area contributed by atoms with Crippen LogP contribution in [0.25, 0.3) is 0 Å². The van der Waals surface area contributed by atoms with E-state index in [-0.39, 0.29) is 5.97 Å². The molecule has 0 aliphatic rings. The molecule has 0 bridgehead atoms. The average Bonchev–Trinajstić information content (AvgIpc) is 2.44. The summed E-state index contributed by atoms with van der Waals surface area (Å²) in [5, 5.41) is 0. The molecule has 0 aromatic carbocycles. The fraction of sp³-hybridized carbons (Fsp3) is 0.824. The molecule has 0 radical (unpaired) electrons. The highest BCUT2D eigenvalue weighted by atomic mass is 16.5. The third-order valence-electron chi connectivity index (χ3n) is 3.59. The Morgan fingerprint density at radius 2 is 1.45 bits per heavy atom. The van der Waals surface area contributed by atoms with E-state index in [1.165, 1.54) is 51.7 Å². The Kier molecular flexibility index (Phi) is 12.6. The zero-order chi connectivity index (χ0) is 15.2. The number of nitrogens with zero attached hydrogens (tertiary/aromatic N) is 1. The van der Waals surface area contributed by atoms with E-state index in [1.54, 1.807) is 6.92 Å². The standard InChI is InChI=1S/C17H33NO2/c1-5-18(6-2)14-12-10-8-7-9-11-13-15-20-17(19)16(3)4/h3,5-15H2,1-2,4H3. The van der Waals surface area contributed by atoms with Crippen LogP contribution in [-0.4, -0.2) is 37.1 Å². The predicted molar refractivity (Wildman–Crippen MR) is 85.9 cm³/mol. The molecule has 3 nitrogen and oxygen atoms in total. The van der Waals surface area contributed by atoms with Crippen LogP contribution in [0.1, 0.15) is 65.7 Å². The van der Waals surface area contributed by atoms with Gasteiger partial charge in [0.25, 0.3) is 0 Å². The van der Waals surface area contributed by atoms with Crippen molar-refractivity contribution in [3.05, 3.63) is 12.2 Å². The first-order valence-electron chi connectivity index (χ1n) is 8.16. The molecule has 0 saturated carbocycles. The number of esters is 1. The van der Waals surface area contributed by atoms with Gasteiger partial charge in [-0.3, -0.25) is 0 Å². The summed E-state index contributed by atoms with van der Waals surface area (Å²) in [4.78, 5) is 13.6. The highest BCUT2D eigenvalue weighted by Crippen LogP contribution is 2.08. The number of unbranched alkanes of at least 4 members (excludes halogenated alkanes) is 6. The van der Waals surface area contributed by atoms with Crippen LogP contribution in [-0.2, 0) is 9.53 Å². The van der Waals surface area contributed by atoms with Crippen molar-refractivity contribution < 1.29 is 9.53 Å². The molecule has 118 valence electrons.